The van der Waals surface area contributed by atoms with E-state index in [1.165, 1.54) is 5.56 Å². The van der Waals surface area contributed by atoms with Crippen LogP contribution in [0.25, 0.3) is 0 Å². The Labute approximate surface area is 190 Å². The number of ether oxygens (including phenoxy) is 2. The van der Waals surface area contributed by atoms with E-state index in [0.29, 0.717) is 13.2 Å². The predicted molar refractivity (Wildman–Crippen MR) is 131 cm³/mol. The van der Waals surface area contributed by atoms with Crippen LogP contribution in [0.4, 0.5) is 11.4 Å². The molecule has 0 unspecified atom stereocenters. The summed E-state index contributed by atoms with van der Waals surface area (Å²) in [7, 11) is 0. The normalized spacial score (nSPS) is 10.4. The Balaban J connectivity index is 1.39. The molecule has 0 spiro atoms. The molecule has 0 fully saturated rings. The number of rotatable bonds is 13. The molecule has 0 aliphatic rings. The van der Waals surface area contributed by atoms with Gasteiger partial charge in [-0.1, -0.05) is 55.8 Å². The second-order valence-corrected chi connectivity index (χ2v) is 7.56. The van der Waals surface area contributed by atoms with Gasteiger partial charge in [0, 0.05) is 5.69 Å². The summed E-state index contributed by atoms with van der Waals surface area (Å²) < 4.78 is 11.6. The van der Waals surface area contributed by atoms with E-state index in [1.807, 2.05) is 54.6 Å². The minimum absolute atomic E-state index is 0.120. The van der Waals surface area contributed by atoms with Crippen molar-refractivity contribution in [3.8, 4) is 11.5 Å². The minimum Gasteiger partial charge on any atom is -0.494 e. The maximum Gasteiger partial charge on any atom is 0.243 e. The fraction of sp³-hybridized carbons (Fsp3) is 0.296. The lowest BCUT2D eigenvalue weighted by molar-refractivity contribution is -0.114. The summed E-state index contributed by atoms with van der Waals surface area (Å²) >= 11 is 0. The van der Waals surface area contributed by atoms with Crippen molar-refractivity contribution in [2.45, 2.75) is 32.6 Å². The smallest absolute Gasteiger partial charge is 0.243 e. The lowest BCUT2D eigenvalue weighted by Gasteiger charge is -2.13. The average Bonchev–Trinajstić information content (AvgIpc) is 2.83. The Kier molecular flexibility index (Phi) is 9.46. The van der Waals surface area contributed by atoms with Crippen LogP contribution in [0.2, 0.25) is 0 Å². The van der Waals surface area contributed by atoms with Gasteiger partial charge in [0.15, 0.2) is 0 Å². The molecular formula is C27H32N2O3. The van der Waals surface area contributed by atoms with Crippen LogP contribution in [0.3, 0.4) is 0 Å². The number of hydrogen-bond acceptors (Lipinski definition) is 4. The van der Waals surface area contributed by atoms with Crippen LogP contribution in [0.5, 0.6) is 11.5 Å². The third-order valence-electron chi connectivity index (χ3n) is 4.94. The number of hydrogen-bond donors (Lipinski definition) is 2. The van der Waals surface area contributed by atoms with Crippen LogP contribution in [-0.4, -0.2) is 25.7 Å². The Morgan fingerprint density at radius 3 is 2.31 bits per heavy atom. The number of aryl methyl sites for hydroxylation is 1. The van der Waals surface area contributed by atoms with Gasteiger partial charge < -0.3 is 20.1 Å². The molecule has 0 radical (unpaired) electrons. The third-order valence-corrected chi connectivity index (χ3v) is 4.94. The van der Waals surface area contributed by atoms with Crippen molar-refractivity contribution < 1.29 is 14.3 Å². The highest BCUT2D eigenvalue weighted by molar-refractivity contribution is 5.94. The topological polar surface area (TPSA) is 59.6 Å². The van der Waals surface area contributed by atoms with E-state index in [-0.39, 0.29) is 12.5 Å². The molecule has 0 saturated heterocycles. The molecule has 0 bridgehead atoms. The van der Waals surface area contributed by atoms with Crippen LogP contribution in [-0.2, 0) is 11.2 Å². The van der Waals surface area contributed by atoms with Crippen LogP contribution < -0.4 is 20.1 Å². The van der Waals surface area contributed by atoms with Crippen molar-refractivity contribution in [1.82, 2.24) is 0 Å². The number of unbranched alkanes of at least 4 members (excludes halogenated alkanes) is 1. The van der Waals surface area contributed by atoms with Gasteiger partial charge in [-0.15, -0.1) is 0 Å². The zero-order valence-corrected chi connectivity index (χ0v) is 18.7. The summed E-state index contributed by atoms with van der Waals surface area (Å²) in [6.45, 7) is 3.61. The maximum atomic E-state index is 12.3. The molecule has 5 heteroatoms. The van der Waals surface area contributed by atoms with Crippen LogP contribution in [0.15, 0.2) is 78.9 Å². The molecule has 0 saturated carbocycles. The highest BCUT2D eigenvalue weighted by Gasteiger charge is 2.06. The van der Waals surface area contributed by atoms with E-state index in [4.69, 9.17) is 9.47 Å². The first-order chi connectivity index (χ1) is 15.7. The molecule has 1 amide bonds. The molecule has 0 aliphatic carbocycles. The molecule has 3 rings (SSSR count). The second-order valence-electron chi connectivity index (χ2n) is 7.56. The second kappa shape index (κ2) is 13.1. The fourth-order valence-electron chi connectivity index (χ4n) is 3.19. The van der Waals surface area contributed by atoms with Gasteiger partial charge in [-0.2, -0.15) is 0 Å². The minimum atomic E-state index is -0.120. The number of anilines is 2. The summed E-state index contributed by atoms with van der Waals surface area (Å²) in [6.07, 6.45) is 4.03. The van der Waals surface area contributed by atoms with E-state index in [1.54, 1.807) is 0 Å². The van der Waals surface area contributed by atoms with Crippen LogP contribution in [0, 0.1) is 0 Å². The molecule has 3 aromatic rings. The average molecular weight is 433 g/mol. The maximum absolute atomic E-state index is 12.3. The Hall–Kier alpha value is -3.47. The largest absolute Gasteiger partial charge is 0.494 e. The van der Waals surface area contributed by atoms with Crippen LogP contribution in [0.1, 0.15) is 31.7 Å². The summed E-state index contributed by atoms with van der Waals surface area (Å²) in [5, 5.41) is 6.06. The first kappa shape index (κ1) is 23.2. The number of carbonyl (C=O) groups is 1. The molecule has 3 aromatic carbocycles. The molecule has 0 heterocycles. The summed E-state index contributed by atoms with van der Waals surface area (Å²) in [4.78, 5) is 12.3. The summed E-state index contributed by atoms with van der Waals surface area (Å²) in [5.74, 6) is 1.44. The molecule has 0 atom stereocenters. The van der Waals surface area contributed by atoms with Crippen molar-refractivity contribution in [2.24, 2.45) is 0 Å². The quantitative estimate of drug-likeness (QED) is 0.329. The monoisotopic (exact) mass is 432 g/mol. The zero-order valence-electron chi connectivity index (χ0n) is 18.7. The molecular weight excluding hydrogens is 400 g/mol. The molecule has 168 valence electrons. The highest BCUT2D eigenvalue weighted by Crippen LogP contribution is 2.24. The van der Waals surface area contributed by atoms with E-state index < -0.39 is 0 Å². The van der Waals surface area contributed by atoms with Gasteiger partial charge in [0.2, 0.25) is 5.91 Å². The molecule has 5 nitrogen and oxygen atoms in total. The number of carbonyl (C=O) groups excluding carboxylic acids is 1. The first-order valence-corrected chi connectivity index (χ1v) is 11.3. The Morgan fingerprint density at radius 2 is 1.53 bits per heavy atom. The van der Waals surface area contributed by atoms with Gasteiger partial charge in [-0.3, -0.25) is 4.79 Å². The SMILES string of the molecule is CCCCOc1ccccc1NCC(=O)Nc1ccc(OCCCc2ccccc2)cc1. The number of para-hydroxylation sites is 2. The van der Waals surface area contributed by atoms with Gasteiger partial charge in [0.25, 0.3) is 0 Å². The van der Waals surface area contributed by atoms with E-state index in [9.17, 15) is 4.79 Å². The van der Waals surface area contributed by atoms with Gasteiger partial charge >= 0.3 is 0 Å². The predicted octanol–water partition coefficient (Wildman–Crippen LogP) is 5.93. The third kappa shape index (κ3) is 7.99. The lowest BCUT2D eigenvalue weighted by Crippen LogP contribution is -2.22. The summed E-state index contributed by atoms with van der Waals surface area (Å²) in [6, 6.07) is 25.5. The Bertz CT molecular complexity index is 943. The number of benzene rings is 3. The van der Waals surface area contributed by atoms with E-state index in [0.717, 1.165) is 48.6 Å². The zero-order chi connectivity index (χ0) is 22.4. The molecule has 32 heavy (non-hydrogen) atoms. The van der Waals surface area contributed by atoms with E-state index in [2.05, 4.69) is 41.8 Å². The number of amides is 1. The number of nitrogens with one attached hydrogen (secondary N) is 2. The first-order valence-electron chi connectivity index (χ1n) is 11.3. The molecule has 0 aromatic heterocycles. The standard InChI is InChI=1S/C27H32N2O3/c1-2-3-19-32-26-14-8-7-13-25(26)28-21-27(30)29-23-15-17-24(18-16-23)31-20-9-12-22-10-5-4-6-11-22/h4-8,10-11,13-18,28H,2-3,9,12,19-21H2,1H3,(H,29,30). The van der Waals surface area contributed by atoms with E-state index >= 15 is 0 Å². The van der Waals surface area contributed by atoms with Crippen molar-refractivity contribution in [2.75, 3.05) is 30.4 Å². The van der Waals surface area contributed by atoms with Crippen molar-refractivity contribution in [3.63, 3.8) is 0 Å². The van der Waals surface area contributed by atoms with Gasteiger partial charge in [-0.25, -0.2) is 0 Å². The molecule has 0 aliphatic heterocycles. The van der Waals surface area contributed by atoms with Crippen molar-refractivity contribution in [3.05, 3.63) is 84.4 Å². The highest BCUT2D eigenvalue weighted by atomic mass is 16.5. The van der Waals surface area contributed by atoms with Crippen molar-refractivity contribution in [1.29, 1.82) is 0 Å². The fourth-order valence-corrected chi connectivity index (χ4v) is 3.19. The lowest BCUT2D eigenvalue weighted by atomic mass is 10.1. The Morgan fingerprint density at radius 1 is 0.812 bits per heavy atom. The van der Waals surface area contributed by atoms with Crippen molar-refractivity contribution >= 4 is 17.3 Å². The van der Waals surface area contributed by atoms with Gasteiger partial charge in [0.05, 0.1) is 25.4 Å². The van der Waals surface area contributed by atoms with Gasteiger partial charge in [0.1, 0.15) is 11.5 Å². The van der Waals surface area contributed by atoms with Crippen LogP contribution >= 0.6 is 0 Å². The molecule has 2 N–H and O–H groups in total. The summed E-state index contributed by atoms with van der Waals surface area (Å²) in [5.41, 5.74) is 2.87. The van der Waals surface area contributed by atoms with Gasteiger partial charge in [-0.05, 0) is 61.2 Å².